The van der Waals surface area contributed by atoms with Crippen molar-refractivity contribution in [1.82, 2.24) is 14.7 Å². The maximum atomic E-state index is 13.1. The highest BCUT2D eigenvalue weighted by molar-refractivity contribution is 5.95. The van der Waals surface area contributed by atoms with Crippen LogP contribution in [0.5, 0.6) is 0 Å². The molecule has 1 aromatic carbocycles. The monoisotopic (exact) mass is 396 g/mol. The quantitative estimate of drug-likeness (QED) is 0.797. The van der Waals surface area contributed by atoms with Gasteiger partial charge in [-0.3, -0.25) is 14.3 Å². The molecule has 0 bridgehead atoms. The number of aromatic nitrogens is 2. The van der Waals surface area contributed by atoms with E-state index in [1.807, 2.05) is 40.1 Å². The number of hydrogen-bond acceptors (Lipinski definition) is 4. The third-order valence-electron chi connectivity index (χ3n) is 5.87. The maximum Gasteiger partial charge on any atom is 0.272 e. The Kier molecular flexibility index (Phi) is 5.67. The summed E-state index contributed by atoms with van der Waals surface area (Å²) in [6, 6.07) is 11.5. The highest BCUT2D eigenvalue weighted by Crippen LogP contribution is 2.33. The highest BCUT2D eigenvalue weighted by Gasteiger charge is 2.42. The van der Waals surface area contributed by atoms with Gasteiger partial charge in [0.2, 0.25) is 0 Å². The first kappa shape index (κ1) is 19.6. The molecular weight excluding hydrogens is 368 g/mol. The van der Waals surface area contributed by atoms with Crippen LogP contribution in [0.25, 0.3) is 0 Å². The van der Waals surface area contributed by atoms with Crippen LogP contribution in [0.4, 0.5) is 5.69 Å². The molecule has 2 aliphatic heterocycles. The molecule has 7 nitrogen and oxygen atoms in total. The molecule has 2 fully saturated rings. The van der Waals surface area contributed by atoms with Gasteiger partial charge in [-0.05, 0) is 43.9 Å². The van der Waals surface area contributed by atoms with E-state index >= 15 is 0 Å². The predicted molar refractivity (Wildman–Crippen MR) is 110 cm³/mol. The van der Waals surface area contributed by atoms with Crippen molar-refractivity contribution in [1.29, 1.82) is 0 Å². The molecule has 1 aromatic heterocycles. The molecule has 2 aromatic rings. The van der Waals surface area contributed by atoms with Crippen LogP contribution in [-0.2, 0) is 16.1 Å². The van der Waals surface area contributed by atoms with Gasteiger partial charge in [0, 0.05) is 31.5 Å². The lowest BCUT2D eigenvalue weighted by Crippen LogP contribution is -2.55. The number of ether oxygens (including phenoxy) is 1. The van der Waals surface area contributed by atoms with Gasteiger partial charge in [0.05, 0.1) is 12.1 Å². The molecule has 29 heavy (non-hydrogen) atoms. The number of anilines is 1. The van der Waals surface area contributed by atoms with Gasteiger partial charge in [-0.25, -0.2) is 0 Å². The molecule has 1 spiro atoms. The number of rotatable bonds is 4. The van der Waals surface area contributed by atoms with Crippen LogP contribution in [0, 0.1) is 0 Å². The van der Waals surface area contributed by atoms with E-state index in [9.17, 15) is 9.59 Å². The molecule has 7 heteroatoms. The van der Waals surface area contributed by atoms with Crippen molar-refractivity contribution in [3.8, 4) is 0 Å². The lowest BCUT2D eigenvalue weighted by molar-refractivity contribution is -0.140. The zero-order chi connectivity index (χ0) is 20.3. The number of hydrogen-bond donors (Lipinski definition) is 0. The molecular formula is C22H28N4O3. The third-order valence-corrected chi connectivity index (χ3v) is 5.87. The molecule has 2 amide bonds. The van der Waals surface area contributed by atoms with Crippen molar-refractivity contribution < 1.29 is 14.3 Å². The highest BCUT2D eigenvalue weighted by atomic mass is 16.5. The molecule has 0 aliphatic carbocycles. The van der Waals surface area contributed by atoms with E-state index in [1.165, 1.54) is 0 Å². The van der Waals surface area contributed by atoms with Crippen molar-refractivity contribution in [2.45, 2.75) is 44.8 Å². The van der Waals surface area contributed by atoms with E-state index in [2.05, 4.69) is 12.0 Å². The first-order valence-corrected chi connectivity index (χ1v) is 10.4. The Morgan fingerprint density at radius 3 is 2.79 bits per heavy atom. The summed E-state index contributed by atoms with van der Waals surface area (Å²) >= 11 is 0. The minimum absolute atomic E-state index is 0.0116. The van der Waals surface area contributed by atoms with Gasteiger partial charge >= 0.3 is 0 Å². The Balaban J connectivity index is 1.47. The van der Waals surface area contributed by atoms with Crippen LogP contribution >= 0.6 is 0 Å². The Bertz CT molecular complexity index is 866. The number of carbonyl (C=O) groups excluding carboxylic acids is 2. The van der Waals surface area contributed by atoms with Crippen molar-refractivity contribution in [2.24, 2.45) is 0 Å². The minimum Gasteiger partial charge on any atom is -0.363 e. The summed E-state index contributed by atoms with van der Waals surface area (Å²) in [6.07, 6.45) is 5.03. The standard InChI is InChI=1S/C22H28N4O3/c1-2-13-26-19(9-12-23-26)21(28)24-14-6-10-22(11-15-24)17-25(20(27)16-29-22)18-7-4-3-5-8-18/h3-5,7-9,12H,2,6,10-11,13-17H2,1H3. The van der Waals surface area contributed by atoms with E-state index in [4.69, 9.17) is 4.74 Å². The van der Waals surface area contributed by atoms with Crippen LogP contribution in [0.1, 0.15) is 43.1 Å². The summed E-state index contributed by atoms with van der Waals surface area (Å²) in [5.74, 6) is 0.0160. The molecule has 4 rings (SSSR count). The SMILES string of the molecule is CCCn1nccc1C(=O)N1CCCC2(CC1)CN(c1ccccc1)C(=O)CO2. The van der Waals surface area contributed by atoms with Crippen LogP contribution in [0.2, 0.25) is 0 Å². The second-order valence-electron chi connectivity index (χ2n) is 7.87. The van der Waals surface area contributed by atoms with E-state index in [1.54, 1.807) is 16.9 Å². The summed E-state index contributed by atoms with van der Waals surface area (Å²) in [5, 5.41) is 4.28. The zero-order valence-corrected chi connectivity index (χ0v) is 16.9. The number of benzene rings is 1. The molecule has 1 atom stereocenters. The van der Waals surface area contributed by atoms with Crippen LogP contribution in [0.3, 0.4) is 0 Å². The molecule has 0 radical (unpaired) electrons. The van der Waals surface area contributed by atoms with Gasteiger partial charge in [0.25, 0.3) is 11.8 Å². The molecule has 2 saturated heterocycles. The average Bonchev–Trinajstić information content (AvgIpc) is 3.11. The topological polar surface area (TPSA) is 67.7 Å². The number of amides is 2. The second-order valence-corrected chi connectivity index (χ2v) is 7.87. The largest absolute Gasteiger partial charge is 0.363 e. The molecule has 2 aliphatic rings. The van der Waals surface area contributed by atoms with E-state index in [0.29, 0.717) is 25.3 Å². The number of carbonyl (C=O) groups is 2. The van der Waals surface area contributed by atoms with Crippen molar-refractivity contribution in [3.63, 3.8) is 0 Å². The zero-order valence-electron chi connectivity index (χ0n) is 16.9. The molecule has 1 unspecified atom stereocenters. The Morgan fingerprint density at radius 2 is 2.00 bits per heavy atom. The summed E-state index contributed by atoms with van der Waals surface area (Å²) in [5.41, 5.74) is 1.15. The van der Waals surface area contributed by atoms with Crippen LogP contribution < -0.4 is 4.90 Å². The van der Waals surface area contributed by atoms with Gasteiger partial charge in [-0.2, -0.15) is 5.10 Å². The Morgan fingerprint density at radius 1 is 1.17 bits per heavy atom. The first-order valence-electron chi connectivity index (χ1n) is 10.4. The molecule has 154 valence electrons. The molecule has 0 N–H and O–H groups in total. The smallest absolute Gasteiger partial charge is 0.272 e. The van der Waals surface area contributed by atoms with E-state index in [-0.39, 0.29) is 18.4 Å². The Labute approximate surface area is 171 Å². The number of aryl methyl sites for hydroxylation is 1. The van der Waals surface area contributed by atoms with E-state index < -0.39 is 5.60 Å². The molecule has 3 heterocycles. The summed E-state index contributed by atoms with van der Waals surface area (Å²) in [7, 11) is 0. The fourth-order valence-corrected chi connectivity index (χ4v) is 4.30. The van der Waals surface area contributed by atoms with Crippen LogP contribution in [0.15, 0.2) is 42.6 Å². The lowest BCUT2D eigenvalue weighted by atomic mass is 9.92. The number of morpholine rings is 1. The Hall–Kier alpha value is -2.67. The van der Waals surface area contributed by atoms with Crippen molar-refractivity contribution in [2.75, 3.05) is 31.1 Å². The normalized spacial score (nSPS) is 22.7. The molecule has 0 saturated carbocycles. The first-order chi connectivity index (χ1) is 14.1. The van der Waals surface area contributed by atoms with Gasteiger partial charge in [0.15, 0.2) is 0 Å². The van der Waals surface area contributed by atoms with Gasteiger partial charge in [-0.1, -0.05) is 25.1 Å². The summed E-state index contributed by atoms with van der Waals surface area (Å²) in [6.45, 7) is 4.75. The van der Waals surface area contributed by atoms with Crippen LogP contribution in [-0.4, -0.2) is 58.3 Å². The van der Waals surface area contributed by atoms with Gasteiger partial charge in [-0.15, -0.1) is 0 Å². The predicted octanol–water partition coefficient (Wildman–Crippen LogP) is 2.72. The fraction of sp³-hybridized carbons (Fsp3) is 0.500. The lowest BCUT2D eigenvalue weighted by Gasteiger charge is -2.42. The minimum atomic E-state index is -0.400. The summed E-state index contributed by atoms with van der Waals surface area (Å²) in [4.78, 5) is 29.3. The summed E-state index contributed by atoms with van der Waals surface area (Å²) < 4.78 is 7.87. The van der Waals surface area contributed by atoms with E-state index in [0.717, 1.165) is 37.9 Å². The van der Waals surface area contributed by atoms with Gasteiger partial charge in [0.1, 0.15) is 12.3 Å². The average molecular weight is 396 g/mol. The fourth-order valence-electron chi connectivity index (χ4n) is 4.30. The number of para-hydroxylation sites is 1. The second kappa shape index (κ2) is 8.37. The number of nitrogens with zero attached hydrogens (tertiary/aromatic N) is 4. The number of likely N-dealkylation sites (tertiary alicyclic amines) is 1. The van der Waals surface area contributed by atoms with Crippen molar-refractivity contribution in [3.05, 3.63) is 48.3 Å². The van der Waals surface area contributed by atoms with Crippen molar-refractivity contribution >= 4 is 17.5 Å². The van der Waals surface area contributed by atoms with Gasteiger partial charge < -0.3 is 14.5 Å². The maximum absolute atomic E-state index is 13.1. The third kappa shape index (κ3) is 4.05.